The molecule has 6 nitrogen and oxygen atoms in total. The molecule has 2 rings (SSSR count). The number of carbonyl (C=O) groups excluding carboxylic acids is 2. The molecular weight excluding hydrogens is 244 g/mol. The lowest BCUT2D eigenvalue weighted by molar-refractivity contribution is -0.121. The highest BCUT2D eigenvalue weighted by atomic mass is 16.2. The van der Waals surface area contributed by atoms with Gasteiger partial charge in [-0.15, -0.1) is 0 Å². The van der Waals surface area contributed by atoms with E-state index in [1.807, 2.05) is 0 Å². The van der Waals surface area contributed by atoms with E-state index in [9.17, 15) is 9.59 Å². The van der Waals surface area contributed by atoms with Gasteiger partial charge in [-0.25, -0.2) is 5.43 Å². The van der Waals surface area contributed by atoms with Gasteiger partial charge in [-0.05, 0) is 19.9 Å². The fraction of sp³-hybridized carbons (Fsp3) is 0.769. The topological polar surface area (TPSA) is 73.8 Å². The van der Waals surface area contributed by atoms with E-state index < -0.39 is 0 Å². The van der Waals surface area contributed by atoms with Crippen LogP contribution in [0.1, 0.15) is 38.5 Å². The Morgan fingerprint density at radius 2 is 2.16 bits per heavy atom. The maximum Gasteiger partial charge on any atom is 0.267 e. The summed E-state index contributed by atoms with van der Waals surface area (Å²) in [5.74, 6) is -0.294. The largest absolute Gasteiger partial charge is 0.350 e. The van der Waals surface area contributed by atoms with Gasteiger partial charge in [0.05, 0.1) is 0 Å². The molecule has 0 aromatic carbocycles. The molecule has 1 aliphatic heterocycles. The third-order valence-corrected chi connectivity index (χ3v) is 3.86. The van der Waals surface area contributed by atoms with Gasteiger partial charge in [0.15, 0.2) is 0 Å². The van der Waals surface area contributed by atoms with Crippen LogP contribution < -0.4 is 10.7 Å². The Hall–Kier alpha value is -1.43. The van der Waals surface area contributed by atoms with Gasteiger partial charge in [0.2, 0.25) is 5.91 Å². The summed E-state index contributed by atoms with van der Waals surface area (Å²) < 4.78 is 0. The Morgan fingerprint density at radius 1 is 1.42 bits per heavy atom. The lowest BCUT2D eigenvalue weighted by Crippen LogP contribution is -2.41. The zero-order valence-electron chi connectivity index (χ0n) is 11.4. The van der Waals surface area contributed by atoms with Crippen LogP contribution in [-0.2, 0) is 9.59 Å². The molecule has 1 saturated carbocycles. The first-order chi connectivity index (χ1) is 9.16. The fourth-order valence-corrected chi connectivity index (χ4v) is 2.61. The molecule has 0 spiro atoms. The van der Waals surface area contributed by atoms with E-state index in [0.29, 0.717) is 31.1 Å². The lowest BCUT2D eigenvalue weighted by Gasteiger charge is -2.24. The quantitative estimate of drug-likeness (QED) is 0.749. The summed E-state index contributed by atoms with van der Waals surface area (Å²) in [7, 11) is 2.11. The first-order valence-corrected chi connectivity index (χ1v) is 7.00. The average molecular weight is 266 g/mol. The number of amides is 2. The average Bonchev–Trinajstić information content (AvgIpc) is 2.93. The highest BCUT2D eigenvalue weighted by Crippen LogP contribution is 2.21. The van der Waals surface area contributed by atoms with E-state index in [1.54, 1.807) is 0 Å². The molecule has 1 aliphatic carbocycles. The lowest BCUT2D eigenvalue weighted by atomic mass is 10.1. The van der Waals surface area contributed by atoms with Gasteiger partial charge in [0, 0.05) is 32.0 Å². The van der Waals surface area contributed by atoms with E-state index in [2.05, 4.69) is 27.8 Å². The summed E-state index contributed by atoms with van der Waals surface area (Å²) in [5.41, 5.74) is 2.75. The highest BCUT2D eigenvalue weighted by Gasteiger charge is 2.20. The number of carbonyl (C=O) groups is 2. The second-order valence-electron chi connectivity index (χ2n) is 5.27. The first kappa shape index (κ1) is 14.0. The first-order valence-electron chi connectivity index (χ1n) is 7.00. The molecule has 0 unspecified atom stereocenters. The van der Waals surface area contributed by atoms with E-state index >= 15 is 0 Å². The molecule has 0 saturated heterocycles. The molecule has 0 aromatic heterocycles. The third-order valence-electron chi connectivity index (χ3n) is 3.86. The van der Waals surface area contributed by atoms with Crippen molar-refractivity contribution in [3.63, 3.8) is 0 Å². The van der Waals surface area contributed by atoms with E-state index in [0.717, 1.165) is 6.54 Å². The number of hydrogen-bond acceptors (Lipinski definition) is 4. The van der Waals surface area contributed by atoms with Crippen LogP contribution in [0.4, 0.5) is 0 Å². The van der Waals surface area contributed by atoms with Crippen LogP contribution in [0.5, 0.6) is 0 Å². The SMILES string of the molecule is CN(CCNC(=O)C1=NNC(=O)CC1)C1CCCC1. The second-order valence-corrected chi connectivity index (χ2v) is 5.27. The third kappa shape index (κ3) is 4.02. The minimum absolute atomic E-state index is 0.127. The highest BCUT2D eigenvalue weighted by molar-refractivity contribution is 6.39. The molecule has 0 bridgehead atoms. The molecule has 19 heavy (non-hydrogen) atoms. The van der Waals surface area contributed by atoms with Gasteiger partial charge in [-0.1, -0.05) is 12.8 Å². The van der Waals surface area contributed by atoms with Crippen molar-refractivity contribution in [3.8, 4) is 0 Å². The molecule has 106 valence electrons. The Labute approximate surface area is 113 Å². The summed E-state index contributed by atoms with van der Waals surface area (Å²) >= 11 is 0. The summed E-state index contributed by atoms with van der Waals surface area (Å²) in [4.78, 5) is 25.0. The van der Waals surface area contributed by atoms with Crippen molar-refractivity contribution in [2.75, 3.05) is 20.1 Å². The van der Waals surface area contributed by atoms with Crippen LogP contribution in [0.3, 0.4) is 0 Å². The van der Waals surface area contributed by atoms with Crippen LogP contribution >= 0.6 is 0 Å². The molecule has 6 heteroatoms. The van der Waals surface area contributed by atoms with Gasteiger partial charge in [-0.3, -0.25) is 9.59 Å². The zero-order valence-corrected chi connectivity index (χ0v) is 11.4. The predicted molar refractivity (Wildman–Crippen MR) is 72.7 cm³/mol. The Kier molecular flexibility index (Phi) is 4.90. The Bertz CT molecular complexity index is 375. The molecule has 0 radical (unpaired) electrons. The molecule has 1 fully saturated rings. The number of nitrogens with zero attached hydrogens (tertiary/aromatic N) is 2. The molecule has 0 atom stereocenters. The molecule has 0 aromatic rings. The van der Waals surface area contributed by atoms with Crippen LogP contribution in [0.15, 0.2) is 5.10 Å². The molecular formula is C13H22N4O2. The summed E-state index contributed by atoms with van der Waals surface area (Å²) in [6.07, 6.45) is 5.94. The van der Waals surface area contributed by atoms with Crippen molar-refractivity contribution in [2.45, 2.75) is 44.6 Å². The van der Waals surface area contributed by atoms with Crippen molar-refractivity contribution in [1.82, 2.24) is 15.6 Å². The number of rotatable bonds is 5. The summed E-state index contributed by atoms with van der Waals surface area (Å²) in [6, 6.07) is 0.670. The van der Waals surface area contributed by atoms with Crippen molar-refractivity contribution in [2.24, 2.45) is 5.10 Å². The van der Waals surface area contributed by atoms with Crippen molar-refractivity contribution < 1.29 is 9.59 Å². The maximum atomic E-state index is 11.8. The van der Waals surface area contributed by atoms with Gasteiger partial charge < -0.3 is 10.2 Å². The monoisotopic (exact) mass is 266 g/mol. The molecule has 1 heterocycles. The van der Waals surface area contributed by atoms with Crippen molar-refractivity contribution >= 4 is 17.5 Å². The summed E-state index contributed by atoms with van der Waals surface area (Å²) in [5, 5.41) is 6.64. The fourth-order valence-electron chi connectivity index (χ4n) is 2.61. The second kappa shape index (κ2) is 6.65. The maximum absolute atomic E-state index is 11.8. The van der Waals surface area contributed by atoms with Crippen LogP contribution in [-0.4, -0.2) is 48.6 Å². The van der Waals surface area contributed by atoms with Crippen LogP contribution in [0.2, 0.25) is 0 Å². The Morgan fingerprint density at radius 3 is 2.79 bits per heavy atom. The van der Waals surface area contributed by atoms with E-state index in [1.165, 1.54) is 25.7 Å². The van der Waals surface area contributed by atoms with E-state index in [-0.39, 0.29) is 11.8 Å². The summed E-state index contributed by atoms with van der Waals surface area (Å²) in [6.45, 7) is 1.48. The Balaban J connectivity index is 1.67. The molecule has 2 N–H and O–H groups in total. The van der Waals surface area contributed by atoms with Gasteiger partial charge in [0.1, 0.15) is 5.71 Å². The number of nitrogens with one attached hydrogen (secondary N) is 2. The molecule has 2 aliphatic rings. The zero-order chi connectivity index (χ0) is 13.7. The number of likely N-dealkylation sites (N-methyl/N-ethyl adjacent to an activating group) is 1. The number of hydrogen-bond donors (Lipinski definition) is 2. The van der Waals surface area contributed by atoms with Crippen LogP contribution in [0, 0.1) is 0 Å². The minimum Gasteiger partial charge on any atom is -0.350 e. The van der Waals surface area contributed by atoms with Gasteiger partial charge in [-0.2, -0.15) is 5.10 Å². The van der Waals surface area contributed by atoms with Gasteiger partial charge >= 0.3 is 0 Å². The normalized spacial score (nSPS) is 20.3. The number of hydrazone groups is 1. The predicted octanol–water partition coefficient (Wildman–Crippen LogP) is 0.243. The molecule has 2 amide bonds. The van der Waals surface area contributed by atoms with Crippen molar-refractivity contribution in [1.29, 1.82) is 0 Å². The van der Waals surface area contributed by atoms with E-state index in [4.69, 9.17) is 0 Å². The minimum atomic E-state index is -0.167. The van der Waals surface area contributed by atoms with Crippen molar-refractivity contribution in [3.05, 3.63) is 0 Å². The standard InChI is InChI=1S/C13H22N4O2/c1-17(10-4-2-3-5-10)9-8-14-13(19)11-6-7-12(18)16-15-11/h10H,2-9H2,1H3,(H,14,19)(H,16,18). The van der Waals surface area contributed by atoms with Gasteiger partial charge in [0.25, 0.3) is 5.91 Å². The smallest absolute Gasteiger partial charge is 0.267 e. The van der Waals surface area contributed by atoms with Crippen LogP contribution in [0.25, 0.3) is 0 Å².